The first-order valence-corrected chi connectivity index (χ1v) is 9.15. The maximum absolute atomic E-state index is 12.4. The van der Waals surface area contributed by atoms with Crippen LogP contribution >= 0.6 is 0 Å². The second-order valence-corrected chi connectivity index (χ2v) is 6.86. The summed E-state index contributed by atoms with van der Waals surface area (Å²) in [6, 6.07) is -0.142. The molecule has 0 aliphatic carbocycles. The molecule has 5 heteroatoms. The number of carbonyl (C=O) groups excluding carboxylic acids is 1. The van der Waals surface area contributed by atoms with Crippen molar-refractivity contribution in [1.29, 1.82) is 0 Å². The van der Waals surface area contributed by atoms with Gasteiger partial charge in [-0.25, -0.2) is 0 Å². The van der Waals surface area contributed by atoms with Crippen LogP contribution in [0.3, 0.4) is 0 Å². The molecule has 1 aliphatic heterocycles. The van der Waals surface area contributed by atoms with Gasteiger partial charge >= 0.3 is 0 Å². The Bertz CT molecular complexity index is 486. The number of nitrogens with one attached hydrogen (secondary N) is 2. The second-order valence-electron chi connectivity index (χ2n) is 6.86. The largest absolute Gasteiger partial charge is 0.376 e. The third-order valence-electron chi connectivity index (χ3n) is 5.09. The Labute approximate surface area is 152 Å². The van der Waals surface area contributed by atoms with Crippen molar-refractivity contribution in [2.45, 2.75) is 76.8 Å². The van der Waals surface area contributed by atoms with Crippen molar-refractivity contribution >= 4 is 5.91 Å². The normalized spacial score (nSPS) is 27.0. The van der Waals surface area contributed by atoms with Gasteiger partial charge in [-0.15, -0.1) is 12.3 Å². The summed E-state index contributed by atoms with van der Waals surface area (Å²) < 4.78 is 11.4. The van der Waals surface area contributed by atoms with Crippen molar-refractivity contribution < 1.29 is 14.3 Å². The molecule has 5 nitrogen and oxygen atoms in total. The van der Waals surface area contributed by atoms with E-state index in [1.807, 2.05) is 6.92 Å². The Hall–Kier alpha value is -1.35. The van der Waals surface area contributed by atoms with E-state index in [2.05, 4.69) is 42.6 Å². The minimum atomic E-state index is -0.472. The SMILES string of the molecule is C#CCCC(=O)N[C@H]([C@@H]1NC(OC)C[C@H]1/C=C\C)[C@](C)(CCC)OC. The van der Waals surface area contributed by atoms with Gasteiger partial charge in [-0.3, -0.25) is 10.1 Å². The highest BCUT2D eigenvalue weighted by Gasteiger charge is 2.46. The van der Waals surface area contributed by atoms with Crippen LogP contribution in [-0.2, 0) is 14.3 Å². The highest BCUT2D eigenvalue weighted by molar-refractivity contribution is 5.76. The van der Waals surface area contributed by atoms with Crippen LogP contribution in [0, 0.1) is 18.3 Å². The van der Waals surface area contributed by atoms with Crippen LogP contribution in [0.15, 0.2) is 12.2 Å². The number of ether oxygens (including phenoxy) is 2. The molecule has 0 saturated carbocycles. The zero-order chi connectivity index (χ0) is 18.9. The maximum atomic E-state index is 12.4. The zero-order valence-electron chi connectivity index (χ0n) is 16.3. The van der Waals surface area contributed by atoms with Crippen LogP contribution in [0.5, 0.6) is 0 Å². The lowest BCUT2D eigenvalue weighted by Crippen LogP contribution is -2.62. The Morgan fingerprint density at radius 1 is 1.52 bits per heavy atom. The lowest BCUT2D eigenvalue weighted by atomic mass is 9.81. The molecule has 0 radical (unpaired) electrons. The molecule has 2 N–H and O–H groups in total. The summed E-state index contributed by atoms with van der Waals surface area (Å²) in [5.41, 5.74) is -0.472. The van der Waals surface area contributed by atoms with Crippen LogP contribution in [0.25, 0.3) is 0 Å². The Balaban J connectivity index is 3.10. The Kier molecular flexibility index (Phi) is 9.20. The highest BCUT2D eigenvalue weighted by atomic mass is 16.5. The molecule has 1 unspecified atom stereocenters. The average Bonchev–Trinajstić information content (AvgIpc) is 3.01. The second kappa shape index (κ2) is 10.6. The number of amides is 1. The molecule has 1 saturated heterocycles. The Morgan fingerprint density at radius 3 is 2.76 bits per heavy atom. The van der Waals surface area contributed by atoms with Gasteiger partial charge in [-0.05, 0) is 32.6 Å². The molecule has 25 heavy (non-hydrogen) atoms. The van der Waals surface area contributed by atoms with Crippen molar-refractivity contribution in [3.8, 4) is 12.3 Å². The quantitative estimate of drug-likeness (QED) is 0.470. The standard InChI is InChI=1S/C20H34N2O3/c1-7-10-12-16(23)21-19(20(4,25-6)13-9-3)18-15(11-8-2)14-17(22-18)24-5/h1,8,11,15,17-19,22H,9-10,12-14H2,2-6H3,(H,21,23)/b11-8-/t15-,17?,18-,19-,20+/m1/s1. The molecule has 1 rings (SSSR count). The predicted molar refractivity (Wildman–Crippen MR) is 101 cm³/mol. The minimum Gasteiger partial charge on any atom is -0.376 e. The van der Waals surface area contributed by atoms with Gasteiger partial charge in [-0.2, -0.15) is 0 Å². The molecule has 0 bridgehead atoms. The van der Waals surface area contributed by atoms with Gasteiger partial charge < -0.3 is 14.8 Å². The number of hydrogen-bond acceptors (Lipinski definition) is 4. The molecule has 0 spiro atoms. The van der Waals surface area contributed by atoms with Gasteiger partial charge in [0.2, 0.25) is 5.91 Å². The van der Waals surface area contributed by atoms with Crippen molar-refractivity contribution in [1.82, 2.24) is 10.6 Å². The molecule has 1 aliphatic rings. The molecular formula is C20H34N2O3. The summed E-state index contributed by atoms with van der Waals surface area (Å²) in [7, 11) is 3.42. The van der Waals surface area contributed by atoms with Gasteiger partial charge in [0, 0.05) is 33.1 Å². The molecule has 0 aromatic rings. The van der Waals surface area contributed by atoms with E-state index in [9.17, 15) is 4.79 Å². The fourth-order valence-corrected chi connectivity index (χ4v) is 3.69. The summed E-state index contributed by atoms with van der Waals surface area (Å²) in [6.45, 7) is 6.20. The van der Waals surface area contributed by atoms with E-state index in [0.29, 0.717) is 12.8 Å². The highest BCUT2D eigenvalue weighted by Crippen LogP contribution is 2.32. The summed E-state index contributed by atoms with van der Waals surface area (Å²) >= 11 is 0. The van der Waals surface area contributed by atoms with E-state index in [0.717, 1.165) is 19.3 Å². The van der Waals surface area contributed by atoms with Gasteiger partial charge in [0.1, 0.15) is 6.23 Å². The average molecular weight is 351 g/mol. The summed E-state index contributed by atoms with van der Waals surface area (Å²) in [4.78, 5) is 12.4. The molecule has 0 aromatic heterocycles. The number of terminal acetylenes is 1. The molecule has 5 atom stereocenters. The zero-order valence-corrected chi connectivity index (χ0v) is 16.3. The molecular weight excluding hydrogens is 316 g/mol. The fourth-order valence-electron chi connectivity index (χ4n) is 3.69. The number of hydrogen-bond donors (Lipinski definition) is 2. The van der Waals surface area contributed by atoms with E-state index >= 15 is 0 Å². The first-order valence-electron chi connectivity index (χ1n) is 9.15. The van der Waals surface area contributed by atoms with Crippen LogP contribution in [0.4, 0.5) is 0 Å². The lowest BCUT2D eigenvalue weighted by molar-refractivity contribution is -0.126. The predicted octanol–water partition coefficient (Wildman–Crippen LogP) is 2.62. The van der Waals surface area contributed by atoms with E-state index in [4.69, 9.17) is 15.9 Å². The molecule has 1 heterocycles. The smallest absolute Gasteiger partial charge is 0.221 e. The molecule has 142 valence electrons. The fraction of sp³-hybridized carbons (Fsp3) is 0.750. The number of methoxy groups -OCH3 is 2. The summed E-state index contributed by atoms with van der Waals surface area (Å²) in [5, 5.41) is 6.72. The van der Waals surface area contributed by atoms with E-state index < -0.39 is 5.60 Å². The molecule has 0 aromatic carbocycles. The van der Waals surface area contributed by atoms with Crippen molar-refractivity contribution in [2.75, 3.05) is 14.2 Å². The van der Waals surface area contributed by atoms with Crippen LogP contribution < -0.4 is 10.6 Å². The van der Waals surface area contributed by atoms with Crippen LogP contribution in [0.1, 0.15) is 52.9 Å². The minimum absolute atomic E-state index is 0.0287. The number of carbonyl (C=O) groups is 1. The van der Waals surface area contributed by atoms with Crippen molar-refractivity contribution in [2.24, 2.45) is 5.92 Å². The number of allylic oxidation sites excluding steroid dienone is 1. The van der Waals surface area contributed by atoms with E-state index in [1.54, 1.807) is 14.2 Å². The summed E-state index contributed by atoms with van der Waals surface area (Å²) in [5.74, 6) is 2.75. The monoisotopic (exact) mass is 350 g/mol. The first-order chi connectivity index (χ1) is 11.9. The van der Waals surface area contributed by atoms with Gasteiger partial charge in [0.15, 0.2) is 0 Å². The topological polar surface area (TPSA) is 59.6 Å². The van der Waals surface area contributed by atoms with Crippen molar-refractivity contribution in [3.63, 3.8) is 0 Å². The van der Waals surface area contributed by atoms with Gasteiger partial charge in [0.25, 0.3) is 0 Å². The van der Waals surface area contributed by atoms with Gasteiger partial charge in [0.05, 0.1) is 11.6 Å². The molecule has 1 fully saturated rings. The number of rotatable bonds is 10. The van der Waals surface area contributed by atoms with Crippen molar-refractivity contribution in [3.05, 3.63) is 12.2 Å². The first kappa shape index (κ1) is 21.7. The van der Waals surface area contributed by atoms with E-state index in [-0.39, 0.29) is 30.1 Å². The van der Waals surface area contributed by atoms with Crippen LogP contribution in [-0.4, -0.2) is 44.0 Å². The van der Waals surface area contributed by atoms with Crippen LogP contribution in [0.2, 0.25) is 0 Å². The van der Waals surface area contributed by atoms with Gasteiger partial charge in [-0.1, -0.05) is 25.5 Å². The van der Waals surface area contributed by atoms with E-state index in [1.165, 1.54) is 0 Å². The summed E-state index contributed by atoms with van der Waals surface area (Å²) in [6.07, 6.45) is 13.0. The third kappa shape index (κ3) is 5.85. The maximum Gasteiger partial charge on any atom is 0.221 e. The Morgan fingerprint density at radius 2 is 2.24 bits per heavy atom. The lowest BCUT2D eigenvalue weighted by Gasteiger charge is -2.42. The third-order valence-corrected chi connectivity index (χ3v) is 5.09. The molecule has 1 amide bonds.